The summed E-state index contributed by atoms with van der Waals surface area (Å²) in [6.45, 7) is 1.79. The van der Waals surface area contributed by atoms with Crippen molar-refractivity contribution >= 4 is 44.0 Å². The molecule has 0 aliphatic rings. The molecule has 0 atom stereocenters. The number of thioether (sulfide) groups is 1. The number of sulfone groups is 1. The SMILES string of the molecule is CCCS(=O)(=O)c1ccccc1C(=O)Nc1nnc(CSCc2ccccc2)s1. The van der Waals surface area contributed by atoms with E-state index in [0.29, 0.717) is 17.3 Å². The van der Waals surface area contributed by atoms with Gasteiger partial charge in [-0.1, -0.05) is 60.7 Å². The van der Waals surface area contributed by atoms with Gasteiger partial charge in [0.05, 0.1) is 16.2 Å². The van der Waals surface area contributed by atoms with Crippen LogP contribution in [0.1, 0.15) is 34.3 Å². The highest BCUT2D eigenvalue weighted by Crippen LogP contribution is 2.24. The van der Waals surface area contributed by atoms with E-state index in [0.717, 1.165) is 10.8 Å². The molecule has 0 aliphatic carbocycles. The average molecular weight is 448 g/mol. The van der Waals surface area contributed by atoms with E-state index in [4.69, 9.17) is 0 Å². The number of benzene rings is 2. The van der Waals surface area contributed by atoms with Crippen LogP contribution in [0.2, 0.25) is 0 Å². The van der Waals surface area contributed by atoms with Crippen LogP contribution in [0.15, 0.2) is 59.5 Å². The van der Waals surface area contributed by atoms with Gasteiger partial charge >= 0.3 is 0 Å². The minimum absolute atomic E-state index is 0.00110. The molecule has 1 amide bonds. The summed E-state index contributed by atoms with van der Waals surface area (Å²) < 4.78 is 24.9. The Balaban J connectivity index is 1.64. The second kappa shape index (κ2) is 10.00. The van der Waals surface area contributed by atoms with Gasteiger partial charge < -0.3 is 0 Å². The molecule has 0 saturated carbocycles. The predicted molar refractivity (Wildman–Crippen MR) is 118 cm³/mol. The van der Waals surface area contributed by atoms with Crippen LogP contribution in [-0.2, 0) is 21.3 Å². The Kier molecular flexibility index (Phi) is 7.40. The first-order valence-corrected chi connectivity index (χ1v) is 12.7. The monoisotopic (exact) mass is 447 g/mol. The average Bonchev–Trinajstić information content (AvgIpc) is 3.16. The fourth-order valence-corrected chi connectivity index (χ4v) is 5.98. The highest BCUT2D eigenvalue weighted by molar-refractivity contribution is 7.97. The van der Waals surface area contributed by atoms with Crippen molar-refractivity contribution in [3.8, 4) is 0 Å². The van der Waals surface area contributed by atoms with Crippen LogP contribution < -0.4 is 5.32 Å². The number of hydrogen-bond donors (Lipinski definition) is 1. The van der Waals surface area contributed by atoms with Gasteiger partial charge in [-0.2, -0.15) is 0 Å². The maximum absolute atomic E-state index is 12.7. The molecule has 2 aromatic carbocycles. The molecule has 0 spiro atoms. The molecule has 0 radical (unpaired) electrons. The molecule has 0 bridgehead atoms. The zero-order chi connectivity index (χ0) is 20.7. The molecule has 6 nitrogen and oxygen atoms in total. The molecular weight excluding hydrogens is 426 g/mol. The van der Waals surface area contributed by atoms with Crippen LogP contribution in [0, 0.1) is 0 Å². The van der Waals surface area contributed by atoms with E-state index < -0.39 is 15.7 Å². The number of hydrogen-bond acceptors (Lipinski definition) is 7. The standard InChI is InChI=1S/C20H21N3O3S3/c1-2-12-29(25,26)17-11-7-6-10-16(17)19(24)21-20-23-22-18(28-20)14-27-13-15-8-4-3-5-9-15/h3-11H,2,12-14H2,1H3,(H,21,23,24). The molecule has 9 heteroatoms. The van der Waals surface area contributed by atoms with Gasteiger partial charge in [0.2, 0.25) is 5.13 Å². The lowest BCUT2D eigenvalue weighted by molar-refractivity contribution is 0.102. The van der Waals surface area contributed by atoms with Crippen LogP contribution in [0.5, 0.6) is 0 Å². The molecule has 152 valence electrons. The molecule has 1 aromatic heterocycles. The minimum Gasteiger partial charge on any atom is -0.296 e. The summed E-state index contributed by atoms with van der Waals surface area (Å²) >= 11 is 3.01. The summed E-state index contributed by atoms with van der Waals surface area (Å²) in [6.07, 6.45) is 0.485. The number of carbonyl (C=O) groups is 1. The van der Waals surface area contributed by atoms with Crippen molar-refractivity contribution in [3.05, 3.63) is 70.7 Å². The molecule has 1 N–H and O–H groups in total. The highest BCUT2D eigenvalue weighted by atomic mass is 32.2. The van der Waals surface area contributed by atoms with Crippen molar-refractivity contribution in [3.63, 3.8) is 0 Å². The zero-order valence-corrected chi connectivity index (χ0v) is 18.3. The quantitative estimate of drug-likeness (QED) is 0.523. The Hall–Kier alpha value is -2.23. The lowest BCUT2D eigenvalue weighted by atomic mass is 10.2. The fraction of sp³-hybridized carbons (Fsp3) is 0.250. The summed E-state index contributed by atoms with van der Waals surface area (Å²) in [6, 6.07) is 16.4. The van der Waals surface area contributed by atoms with Crippen molar-refractivity contribution in [1.29, 1.82) is 0 Å². The summed E-state index contributed by atoms with van der Waals surface area (Å²) in [7, 11) is -3.51. The molecule has 1 heterocycles. The lowest BCUT2D eigenvalue weighted by Gasteiger charge is -2.09. The van der Waals surface area contributed by atoms with Crippen molar-refractivity contribution in [2.45, 2.75) is 29.7 Å². The van der Waals surface area contributed by atoms with E-state index in [1.165, 1.54) is 29.0 Å². The van der Waals surface area contributed by atoms with Crippen molar-refractivity contribution in [2.24, 2.45) is 0 Å². The van der Waals surface area contributed by atoms with Crippen molar-refractivity contribution in [2.75, 3.05) is 11.1 Å². The van der Waals surface area contributed by atoms with Gasteiger partial charge in [0.15, 0.2) is 9.84 Å². The van der Waals surface area contributed by atoms with Crippen molar-refractivity contribution < 1.29 is 13.2 Å². The van der Waals surface area contributed by atoms with Gasteiger partial charge in [0.1, 0.15) is 5.01 Å². The van der Waals surface area contributed by atoms with Crippen LogP contribution >= 0.6 is 23.1 Å². The smallest absolute Gasteiger partial charge is 0.258 e. The predicted octanol–water partition coefficient (Wildman–Crippen LogP) is 4.41. The summed E-state index contributed by atoms with van der Waals surface area (Å²) in [5.74, 6) is 1.05. The Bertz CT molecular complexity index is 1070. The number of anilines is 1. The largest absolute Gasteiger partial charge is 0.296 e. The van der Waals surface area contributed by atoms with Crippen LogP contribution in [0.4, 0.5) is 5.13 Å². The Morgan fingerprint density at radius 3 is 2.52 bits per heavy atom. The number of nitrogens with one attached hydrogen (secondary N) is 1. The van der Waals surface area contributed by atoms with Gasteiger partial charge in [-0.15, -0.1) is 22.0 Å². The van der Waals surface area contributed by atoms with E-state index in [-0.39, 0.29) is 16.2 Å². The third-order valence-electron chi connectivity index (χ3n) is 3.96. The normalized spacial score (nSPS) is 11.3. The number of aromatic nitrogens is 2. The second-order valence-corrected chi connectivity index (χ2v) is 10.4. The van der Waals surface area contributed by atoms with Gasteiger partial charge in [-0.3, -0.25) is 10.1 Å². The van der Waals surface area contributed by atoms with Crippen LogP contribution in [0.3, 0.4) is 0 Å². The van der Waals surface area contributed by atoms with Gasteiger partial charge in [-0.05, 0) is 24.1 Å². The highest BCUT2D eigenvalue weighted by Gasteiger charge is 2.22. The molecule has 3 rings (SSSR count). The van der Waals surface area contributed by atoms with Gasteiger partial charge in [0, 0.05) is 11.5 Å². The molecule has 29 heavy (non-hydrogen) atoms. The van der Waals surface area contributed by atoms with Gasteiger partial charge in [-0.25, -0.2) is 8.42 Å². The first-order chi connectivity index (χ1) is 14.0. The van der Waals surface area contributed by atoms with E-state index in [2.05, 4.69) is 27.6 Å². The Labute approximate surface area is 178 Å². The van der Waals surface area contributed by atoms with Crippen LogP contribution in [-0.4, -0.2) is 30.3 Å². The van der Waals surface area contributed by atoms with E-state index in [1.54, 1.807) is 30.8 Å². The maximum atomic E-state index is 12.7. The van der Waals surface area contributed by atoms with Gasteiger partial charge in [0.25, 0.3) is 5.91 Å². The summed E-state index contributed by atoms with van der Waals surface area (Å²) in [5.41, 5.74) is 1.36. The van der Waals surface area contributed by atoms with E-state index >= 15 is 0 Å². The summed E-state index contributed by atoms with van der Waals surface area (Å²) in [5, 5.41) is 11.9. The second-order valence-electron chi connectivity index (χ2n) is 6.25. The molecule has 0 fully saturated rings. The fourth-order valence-electron chi connectivity index (χ4n) is 2.66. The molecule has 0 aliphatic heterocycles. The van der Waals surface area contributed by atoms with Crippen LogP contribution in [0.25, 0.3) is 0 Å². The Morgan fingerprint density at radius 1 is 1.03 bits per heavy atom. The van der Waals surface area contributed by atoms with Crippen molar-refractivity contribution in [1.82, 2.24) is 10.2 Å². The third kappa shape index (κ3) is 5.88. The molecule has 0 unspecified atom stereocenters. The number of amides is 1. The maximum Gasteiger partial charge on any atom is 0.258 e. The minimum atomic E-state index is -3.51. The topological polar surface area (TPSA) is 89.0 Å². The molecule has 0 saturated heterocycles. The Morgan fingerprint density at radius 2 is 1.76 bits per heavy atom. The van der Waals surface area contributed by atoms with E-state index in [1.807, 2.05) is 18.2 Å². The number of carbonyl (C=O) groups excluding carboxylic acids is 1. The first-order valence-electron chi connectivity index (χ1n) is 9.07. The first kappa shape index (κ1) is 21.5. The lowest BCUT2D eigenvalue weighted by Crippen LogP contribution is -2.17. The molecule has 3 aromatic rings. The molecular formula is C20H21N3O3S3. The number of rotatable bonds is 9. The van der Waals surface area contributed by atoms with E-state index in [9.17, 15) is 13.2 Å². The number of nitrogens with zero attached hydrogens (tertiary/aromatic N) is 2. The summed E-state index contributed by atoms with van der Waals surface area (Å²) in [4.78, 5) is 12.7. The zero-order valence-electron chi connectivity index (χ0n) is 15.9. The third-order valence-corrected chi connectivity index (χ3v) is 7.97.